The predicted molar refractivity (Wildman–Crippen MR) is 243 cm³/mol. The largest absolute Gasteiger partial charge is 0.394 e. The Balaban J connectivity index is 3.44. The molecule has 0 aromatic heterocycles. The second-order valence-electron chi connectivity index (χ2n) is 15.1. The molecule has 0 heterocycles. The van der Waals surface area contributed by atoms with Gasteiger partial charge in [0, 0.05) is 6.42 Å². The Morgan fingerprint density at radius 1 is 0.455 bits per heavy atom. The van der Waals surface area contributed by atoms with E-state index in [1.807, 2.05) is 6.08 Å². The average Bonchev–Trinajstić information content (AvgIpc) is 3.19. The highest BCUT2D eigenvalue weighted by atomic mass is 16.3. The van der Waals surface area contributed by atoms with Crippen LogP contribution in [0.5, 0.6) is 0 Å². The summed E-state index contributed by atoms with van der Waals surface area (Å²) in [5.41, 5.74) is 0. The summed E-state index contributed by atoms with van der Waals surface area (Å²) in [5, 5.41) is 22.5. The van der Waals surface area contributed by atoms with Gasteiger partial charge in [-0.25, -0.2) is 0 Å². The van der Waals surface area contributed by atoms with Gasteiger partial charge in [-0.15, -0.1) is 0 Å². The van der Waals surface area contributed by atoms with Crippen molar-refractivity contribution in [3.8, 4) is 0 Å². The van der Waals surface area contributed by atoms with Crippen LogP contribution in [0.25, 0.3) is 0 Å². The van der Waals surface area contributed by atoms with Gasteiger partial charge in [0.15, 0.2) is 0 Å². The maximum absolute atomic E-state index is 12.2. The molecular formula is C51H87NO3. The number of aliphatic hydroxyl groups is 2. The summed E-state index contributed by atoms with van der Waals surface area (Å²) >= 11 is 0. The fourth-order valence-corrected chi connectivity index (χ4v) is 6.32. The van der Waals surface area contributed by atoms with Crippen molar-refractivity contribution in [3.05, 3.63) is 97.2 Å². The first-order chi connectivity index (χ1) is 27.2. The Labute approximate surface area is 341 Å². The molecule has 4 nitrogen and oxygen atoms in total. The van der Waals surface area contributed by atoms with E-state index in [0.717, 1.165) is 77.0 Å². The van der Waals surface area contributed by atoms with Crippen molar-refractivity contribution in [1.82, 2.24) is 5.32 Å². The smallest absolute Gasteiger partial charge is 0.220 e. The van der Waals surface area contributed by atoms with Crippen LogP contribution < -0.4 is 5.32 Å². The van der Waals surface area contributed by atoms with Gasteiger partial charge in [0.25, 0.3) is 0 Å². The molecule has 1 amide bonds. The molecule has 0 aromatic rings. The molecule has 4 heteroatoms. The minimum atomic E-state index is -0.837. The first-order valence-corrected chi connectivity index (χ1v) is 23.0. The van der Waals surface area contributed by atoms with Gasteiger partial charge in [-0.1, -0.05) is 220 Å². The van der Waals surface area contributed by atoms with E-state index in [1.54, 1.807) is 6.08 Å². The van der Waals surface area contributed by atoms with Crippen molar-refractivity contribution in [2.75, 3.05) is 6.61 Å². The fourth-order valence-electron chi connectivity index (χ4n) is 6.32. The van der Waals surface area contributed by atoms with E-state index in [0.29, 0.717) is 6.42 Å². The summed E-state index contributed by atoms with van der Waals surface area (Å²) in [7, 11) is 0. The second kappa shape index (κ2) is 45.7. The van der Waals surface area contributed by atoms with Crippen LogP contribution in [-0.4, -0.2) is 34.9 Å². The first-order valence-electron chi connectivity index (χ1n) is 23.0. The number of hydrogen-bond acceptors (Lipinski definition) is 3. The monoisotopic (exact) mass is 762 g/mol. The standard InChI is InChI=1S/C51H87NO3/c1-3-5-7-9-10-11-12-13-14-15-16-17-18-19-20-21-22-23-24-25-26-27-28-29-30-31-32-33-34-35-36-37-38-39-40-41-42-43-45-47-51(55)52-49(48-53)50(54)46-44-8-6-4-2/h5,7,10-11,13-14,16-17,19-20,22-23,25-26,44,46,49-50,53-54H,3-4,6,8-9,12,15,18,21,24,27-43,45,47-48H2,1-2H3,(H,52,55)/b7-5-,11-10-,14-13-,17-16-,20-19-,23-22-,26-25-,46-44+. The molecule has 0 aliphatic rings. The summed E-state index contributed by atoms with van der Waals surface area (Å²) in [5.74, 6) is -0.0765. The molecule has 55 heavy (non-hydrogen) atoms. The molecule has 0 saturated heterocycles. The molecule has 3 N–H and O–H groups in total. The maximum atomic E-state index is 12.2. The van der Waals surface area contributed by atoms with Crippen molar-refractivity contribution in [1.29, 1.82) is 0 Å². The minimum Gasteiger partial charge on any atom is -0.394 e. The molecule has 2 atom stereocenters. The number of carbonyl (C=O) groups excluding carboxylic acids is 1. The molecule has 314 valence electrons. The number of carbonyl (C=O) groups is 1. The van der Waals surface area contributed by atoms with E-state index in [9.17, 15) is 15.0 Å². The quantitative estimate of drug-likeness (QED) is 0.0430. The van der Waals surface area contributed by atoms with Crippen molar-refractivity contribution in [2.24, 2.45) is 0 Å². The zero-order valence-corrected chi connectivity index (χ0v) is 35.9. The third-order valence-corrected chi connectivity index (χ3v) is 9.82. The van der Waals surface area contributed by atoms with Crippen LogP contribution in [0.15, 0.2) is 97.2 Å². The highest BCUT2D eigenvalue weighted by molar-refractivity contribution is 5.76. The molecule has 0 radical (unpaired) electrons. The minimum absolute atomic E-state index is 0.0765. The highest BCUT2D eigenvalue weighted by Gasteiger charge is 2.17. The van der Waals surface area contributed by atoms with Crippen molar-refractivity contribution >= 4 is 5.91 Å². The van der Waals surface area contributed by atoms with E-state index < -0.39 is 12.1 Å². The Morgan fingerprint density at radius 3 is 1.18 bits per heavy atom. The summed E-state index contributed by atoms with van der Waals surface area (Å²) in [6, 6.07) is -0.620. The van der Waals surface area contributed by atoms with E-state index in [2.05, 4.69) is 104 Å². The van der Waals surface area contributed by atoms with Crippen LogP contribution in [0.4, 0.5) is 0 Å². The zero-order valence-electron chi connectivity index (χ0n) is 35.9. The molecular weight excluding hydrogens is 675 g/mol. The van der Waals surface area contributed by atoms with Crippen LogP contribution in [-0.2, 0) is 4.79 Å². The summed E-state index contributed by atoms with van der Waals surface area (Å²) in [6.45, 7) is 4.04. The number of nitrogens with one attached hydrogen (secondary N) is 1. The highest BCUT2D eigenvalue weighted by Crippen LogP contribution is 2.15. The van der Waals surface area contributed by atoms with Crippen LogP contribution >= 0.6 is 0 Å². The number of allylic oxidation sites excluding steroid dienone is 15. The van der Waals surface area contributed by atoms with Gasteiger partial charge in [0.1, 0.15) is 0 Å². The van der Waals surface area contributed by atoms with Crippen molar-refractivity contribution in [2.45, 2.75) is 212 Å². The van der Waals surface area contributed by atoms with Crippen molar-refractivity contribution < 1.29 is 15.0 Å². The fraction of sp³-hybridized carbons (Fsp3) is 0.667. The van der Waals surface area contributed by atoms with E-state index >= 15 is 0 Å². The molecule has 0 saturated carbocycles. The Kier molecular flexibility index (Phi) is 43.5. The zero-order chi connectivity index (χ0) is 40.0. The lowest BCUT2D eigenvalue weighted by molar-refractivity contribution is -0.123. The second-order valence-corrected chi connectivity index (χ2v) is 15.1. The number of amides is 1. The van der Waals surface area contributed by atoms with E-state index in [1.165, 1.54) is 103 Å². The van der Waals surface area contributed by atoms with Gasteiger partial charge < -0.3 is 15.5 Å². The molecule has 0 aliphatic carbocycles. The van der Waals surface area contributed by atoms with Gasteiger partial charge in [0.05, 0.1) is 18.8 Å². The van der Waals surface area contributed by atoms with Crippen molar-refractivity contribution in [3.63, 3.8) is 0 Å². The molecule has 0 fully saturated rings. The maximum Gasteiger partial charge on any atom is 0.220 e. The summed E-state index contributed by atoms with van der Waals surface area (Å²) in [6.07, 6.45) is 68.7. The van der Waals surface area contributed by atoms with Crippen LogP contribution in [0.1, 0.15) is 200 Å². The number of aliphatic hydroxyl groups excluding tert-OH is 2. The predicted octanol–water partition coefficient (Wildman–Crippen LogP) is 14.6. The molecule has 0 rings (SSSR count). The molecule has 0 aliphatic heterocycles. The van der Waals surface area contributed by atoms with Gasteiger partial charge in [-0.05, 0) is 70.6 Å². The van der Waals surface area contributed by atoms with Crippen LogP contribution in [0, 0.1) is 0 Å². The normalized spacial score (nSPS) is 13.9. The van der Waals surface area contributed by atoms with Gasteiger partial charge in [-0.2, -0.15) is 0 Å². The van der Waals surface area contributed by atoms with Crippen LogP contribution in [0.3, 0.4) is 0 Å². The summed E-state index contributed by atoms with van der Waals surface area (Å²) < 4.78 is 0. The lowest BCUT2D eigenvalue weighted by atomic mass is 10.0. The third kappa shape index (κ3) is 42.3. The number of unbranched alkanes of at least 4 members (excludes halogenated alkanes) is 19. The van der Waals surface area contributed by atoms with E-state index in [4.69, 9.17) is 0 Å². The Hall–Kier alpha value is -2.69. The lowest BCUT2D eigenvalue weighted by Gasteiger charge is -2.19. The number of hydrogen-bond donors (Lipinski definition) is 3. The van der Waals surface area contributed by atoms with Crippen LogP contribution in [0.2, 0.25) is 0 Å². The van der Waals surface area contributed by atoms with Gasteiger partial charge >= 0.3 is 0 Å². The SMILES string of the molecule is CC/C=C\C/C=C\C/C=C\C/C=C\C/C=C\C/C=C\C/C=C\CCCCCCCCCCCCCCCCCCCC(=O)NC(CO)C(O)/C=C/CCCC. The Bertz CT molecular complexity index is 1050. The summed E-state index contributed by atoms with van der Waals surface area (Å²) in [4.78, 5) is 12.2. The topological polar surface area (TPSA) is 69.6 Å². The lowest BCUT2D eigenvalue weighted by Crippen LogP contribution is -2.45. The first kappa shape index (κ1) is 52.3. The van der Waals surface area contributed by atoms with Gasteiger partial charge in [-0.3, -0.25) is 4.79 Å². The molecule has 0 spiro atoms. The average molecular weight is 762 g/mol. The third-order valence-electron chi connectivity index (χ3n) is 9.82. The molecule has 0 bridgehead atoms. The molecule has 2 unspecified atom stereocenters. The van der Waals surface area contributed by atoms with Gasteiger partial charge in [0.2, 0.25) is 5.91 Å². The number of rotatable bonds is 40. The van der Waals surface area contributed by atoms with E-state index in [-0.39, 0.29) is 12.5 Å². The molecule has 0 aromatic carbocycles. The Morgan fingerprint density at radius 2 is 0.800 bits per heavy atom.